The van der Waals surface area contributed by atoms with Gasteiger partial charge in [0.15, 0.2) is 0 Å². The van der Waals surface area contributed by atoms with Crippen LogP contribution in [0.2, 0.25) is 0 Å². The van der Waals surface area contributed by atoms with E-state index in [0.29, 0.717) is 6.04 Å². The topological polar surface area (TPSA) is 49.6 Å². The molecule has 0 aromatic heterocycles. The third-order valence-corrected chi connectivity index (χ3v) is 2.99. The summed E-state index contributed by atoms with van der Waals surface area (Å²) in [6, 6.07) is 0.0536. The summed E-state index contributed by atoms with van der Waals surface area (Å²) in [6.07, 6.45) is 2.95. The number of hydrogen-bond donors (Lipinski definition) is 1. The highest BCUT2D eigenvalue weighted by Crippen LogP contribution is 2.18. The number of halogens is 1. The molecule has 1 saturated heterocycles. The molecule has 1 unspecified atom stereocenters. The summed E-state index contributed by atoms with van der Waals surface area (Å²) in [5, 5.41) is 0. The zero-order valence-corrected chi connectivity index (χ0v) is 11.3. The summed E-state index contributed by atoms with van der Waals surface area (Å²) >= 11 is 0. The Morgan fingerprint density at radius 1 is 1.56 bits per heavy atom. The van der Waals surface area contributed by atoms with Crippen molar-refractivity contribution in [2.75, 3.05) is 27.2 Å². The molecule has 5 heteroatoms. The van der Waals surface area contributed by atoms with E-state index >= 15 is 0 Å². The second-order valence-electron chi connectivity index (χ2n) is 4.60. The number of rotatable bonds is 4. The summed E-state index contributed by atoms with van der Waals surface area (Å²) in [6.45, 7) is 3.78. The normalized spacial score (nSPS) is 22.1. The Balaban J connectivity index is 0.00000225. The monoisotopic (exact) mass is 249 g/mol. The van der Waals surface area contributed by atoms with Gasteiger partial charge in [-0.1, -0.05) is 6.92 Å². The lowest BCUT2D eigenvalue weighted by Crippen LogP contribution is -2.48. The van der Waals surface area contributed by atoms with Gasteiger partial charge in [0.25, 0.3) is 0 Å². The maximum absolute atomic E-state index is 12.0. The van der Waals surface area contributed by atoms with Gasteiger partial charge < -0.3 is 15.5 Å². The molecule has 1 amide bonds. The molecule has 0 spiro atoms. The van der Waals surface area contributed by atoms with E-state index in [-0.39, 0.29) is 24.4 Å². The molecule has 1 fully saturated rings. The van der Waals surface area contributed by atoms with Crippen LogP contribution in [-0.2, 0) is 4.79 Å². The Labute approximate surface area is 105 Å². The lowest BCUT2D eigenvalue weighted by molar-refractivity contribution is -0.133. The highest BCUT2D eigenvalue weighted by Gasteiger charge is 2.30. The van der Waals surface area contributed by atoms with Gasteiger partial charge in [0.2, 0.25) is 5.91 Å². The van der Waals surface area contributed by atoms with E-state index < -0.39 is 0 Å². The van der Waals surface area contributed by atoms with Gasteiger partial charge in [0.05, 0.1) is 6.04 Å². The molecule has 1 aliphatic heterocycles. The molecule has 1 rings (SSSR count). The van der Waals surface area contributed by atoms with Gasteiger partial charge in [0, 0.05) is 19.1 Å². The van der Waals surface area contributed by atoms with E-state index in [2.05, 4.69) is 4.90 Å². The van der Waals surface area contributed by atoms with Crippen LogP contribution in [0.3, 0.4) is 0 Å². The maximum Gasteiger partial charge on any atom is 0.239 e. The molecule has 2 atom stereocenters. The molecule has 0 aromatic rings. The maximum atomic E-state index is 12.0. The quantitative estimate of drug-likeness (QED) is 0.798. The zero-order chi connectivity index (χ0) is 11.4. The molecular formula is C11H24ClN3O. The van der Waals surface area contributed by atoms with Crippen molar-refractivity contribution < 1.29 is 4.79 Å². The van der Waals surface area contributed by atoms with Crippen LogP contribution >= 0.6 is 12.4 Å². The number of nitrogens with two attached hydrogens (primary N) is 1. The molecule has 1 heterocycles. The first-order valence-corrected chi connectivity index (χ1v) is 5.77. The van der Waals surface area contributed by atoms with Gasteiger partial charge in [-0.15, -0.1) is 12.4 Å². The standard InChI is InChI=1S/C11H23N3O.ClH/c1-4-10(12)11(15)14-7-5-6-9(14)8-13(2)3;/h9-10H,4-8,12H2,1-3H3;1H/t9?,10-;/m0./s1. The van der Waals surface area contributed by atoms with Crippen LogP contribution in [0.15, 0.2) is 0 Å². The van der Waals surface area contributed by atoms with Crippen molar-refractivity contribution in [2.24, 2.45) is 5.73 Å². The first-order chi connectivity index (χ1) is 7.06. The average Bonchev–Trinajstić information content (AvgIpc) is 2.62. The van der Waals surface area contributed by atoms with Gasteiger partial charge in [0.1, 0.15) is 0 Å². The fraction of sp³-hybridized carbons (Fsp3) is 0.909. The van der Waals surface area contributed by atoms with Crippen LogP contribution in [0.25, 0.3) is 0 Å². The third kappa shape index (κ3) is 3.92. The molecule has 0 aliphatic carbocycles. The van der Waals surface area contributed by atoms with Crippen molar-refractivity contribution in [3.05, 3.63) is 0 Å². The van der Waals surface area contributed by atoms with E-state index in [1.165, 1.54) is 0 Å². The van der Waals surface area contributed by atoms with Crippen molar-refractivity contribution in [1.29, 1.82) is 0 Å². The van der Waals surface area contributed by atoms with Crippen LogP contribution < -0.4 is 5.73 Å². The predicted molar refractivity (Wildman–Crippen MR) is 68.8 cm³/mol. The molecule has 0 radical (unpaired) electrons. The largest absolute Gasteiger partial charge is 0.337 e. The summed E-state index contributed by atoms with van der Waals surface area (Å²) < 4.78 is 0. The Kier molecular flexibility index (Phi) is 6.95. The van der Waals surface area contributed by atoms with Gasteiger partial charge in [-0.05, 0) is 33.4 Å². The Morgan fingerprint density at radius 2 is 2.19 bits per heavy atom. The predicted octanol–water partition coefficient (Wildman–Crippen LogP) is 0.698. The summed E-state index contributed by atoms with van der Waals surface area (Å²) in [5.74, 6) is 0.127. The molecule has 0 bridgehead atoms. The number of amides is 1. The molecular weight excluding hydrogens is 226 g/mol. The SMILES string of the molecule is CC[C@H](N)C(=O)N1CCCC1CN(C)C.Cl. The van der Waals surface area contributed by atoms with Crippen LogP contribution in [0.1, 0.15) is 26.2 Å². The van der Waals surface area contributed by atoms with Crippen molar-refractivity contribution >= 4 is 18.3 Å². The first-order valence-electron chi connectivity index (χ1n) is 5.77. The van der Waals surface area contributed by atoms with E-state index in [1.807, 2.05) is 25.9 Å². The minimum atomic E-state index is -0.312. The second-order valence-corrected chi connectivity index (χ2v) is 4.60. The zero-order valence-electron chi connectivity index (χ0n) is 10.5. The molecule has 16 heavy (non-hydrogen) atoms. The Hall–Kier alpha value is -0.320. The van der Waals surface area contributed by atoms with E-state index in [4.69, 9.17) is 5.73 Å². The number of likely N-dealkylation sites (tertiary alicyclic amines) is 1. The van der Waals surface area contributed by atoms with Gasteiger partial charge in [-0.2, -0.15) is 0 Å². The van der Waals surface area contributed by atoms with Gasteiger partial charge in [-0.3, -0.25) is 4.79 Å². The minimum absolute atomic E-state index is 0. The van der Waals surface area contributed by atoms with Crippen LogP contribution in [0, 0.1) is 0 Å². The highest BCUT2D eigenvalue weighted by atomic mass is 35.5. The number of carbonyl (C=O) groups is 1. The number of carbonyl (C=O) groups excluding carboxylic acids is 1. The molecule has 2 N–H and O–H groups in total. The summed E-state index contributed by atoms with van der Waals surface area (Å²) in [7, 11) is 4.08. The van der Waals surface area contributed by atoms with Gasteiger partial charge in [-0.25, -0.2) is 0 Å². The van der Waals surface area contributed by atoms with E-state index in [9.17, 15) is 4.79 Å². The third-order valence-electron chi connectivity index (χ3n) is 2.99. The summed E-state index contributed by atoms with van der Waals surface area (Å²) in [5.41, 5.74) is 5.78. The first kappa shape index (κ1) is 15.7. The van der Waals surface area contributed by atoms with E-state index in [1.54, 1.807) is 0 Å². The smallest absolute Gasteiger partial charge is 0.239 e. The Bertz CT molecular complexity index is 223. The van der Waals surface area contributed by atoms with Crippen molar-refractivity contribution in [3.8, 4) is 0 Å². The number of likely N-dealkylation sites (N-methyl/N-ethyl adjacent to an activating group) is 1. The van der Waals surface area contributed by atoms with Crippen molar-refractivity contribution in [3.63, 3.8) is 0 Å². The lowest BCUT2D eigenvalue weighted by atomic mass is 10.1. The fourth-order valence-electron chi connectivity index (χ4n) is 2.12. The summed E-state index contributed by atoms with van der Waals surface area (Å²) in [4.78, 5) is 16.0. The highest BCUT2D eigenvalue weighted by molar-refractivity contribution is 5.85. The lowest BCUT2D eigenvalue weighted by Gasteiger charge is -2.29. The molecule has 0 saturated carbocycles. The van der Waals surface area contributed by atoms with Crippen molar-refractivity contribution in [1.82, 2.24) is 9.80 Å². The average molecular weight is 250 g/mol. The minimum Gasteiger partial charge on any atom is -0.337 e. The fourth-order valence-corrected chi connectivity index (χ4v) is 2.12. The molecule has 4 nitrogen and oxygen atoms in total. The molecule has 0 aromatic carbocycles. The second kappa shape index (κ2) is 7.09. The molecule has 96 valence electrons. The number of nitrogens with zero attached hydrogens (tertiary/aromatic N) is 2. The van der Waals surface area contributed by atoms with E-state index in [0.717, 1.165) is 32.4 Å². The van der Waals surface area contributed by atoms with Gasteiger partial charge >= 0.3 is 0 Å². The van der Waals surface area contributed by atoms with Crippen molar-refractivity contribution in [2.45, 2.75) is 38.3 Å². The van der Waals surface area contributed by atoms with Crippen LogP contribution in [0.5, 0.6) is 0 Å². The number of hydrogen-bond acceptors (Lipinski definition) is 3. The van der Waals surface area contributed by atoms with Crippen LogP contribution in [-0.4, -0.2) is 55.0 Å². The van der Waals surface area contributed by atoms with Crippen LogP contribution in [0.4, 0.5) is 0 Å². The Morgan fingerprint density at radius 3 is 2.69 bits per heavy atom. The molecule has 1 aliphatic rings.